The smallest absolute Gasteiger partial charge is 0.237 e. The molecule has 0 aromatic heterocycles. The lowest BCUT2D eigenvalue weighted by atomic mass is 9.62. The van der Waals surface area contributed by atoms with Gasteiger partial charge in [0.15, 0.2) is 11.6 Å². The molecule has 0 aliphatic carbocycles. The Hall–Kier alpha value is -2.46. The summed E-state index contributed by atoms with van der Waals surface area (Å²) in [5, 5.41) is 5.98. The molecule has 3 aliphatic heterocycles. The predicted octanol–water partition coefficient (Wildman–Crippen LogP) is 5.83. The quantitative estimate of drug-likeness (QED) is 0.423. The Morgan fingerprint density at radius 2 is 1.83 bits per heavy atom. The number of ketones is 1. The average Bonchev–Trinajstić information content (AvgIpc) is 3.36. The molecular formula is C31H39ClF3N3O3. The maximum Gasteiger partial charge on any atom is 0.237 e. The molecule has 6 nitrogen and oxygen atoms in total. The van der Waals surface area contributed by atoms with Crippen LogP contribution in [0.4, 0.5) is 18.9 Å². The summed E-state index contributed by atoms with van der Waals surface area (Å²) in [6.07, 6.45) is 1.20. The monoisotopic (exact) mass is 593 g/mol. The predicted molar refractivity (Wildman–Crippen MR) is 154 cm³/mol. The van der Waals surface area contributed by atoms with E-state index in [-0.39, 0.29) is 46.9 Å². The molecule has 3 heterocycles. The minimum absolute atomic E-state index is 0. The molecule has 3 aliphatic rings. The van der Waals surface area contributed by atoms with E-state index in [4.69, 9.17) is 16.3 Å². The lowest BCUT2D eigenvalue weighted by Crippen LogP contribution is -2.49. The zero-order chi connectivity index (χ0) is 28.8. The number of hydrogen-bond acceptors (Lipinski definition) is 5. The van der Waals surface area contributed by atoms with Gasteiger partial charge in [0.1, 0.15) is 17.0 Å². The molecule has 224 valence electrons. The Balaban J connectivity index is 0.00000387. The Kier molecular flexibility index (Phi) is 9.24. The molecule has 41 heavy (non-hydrogen) atoms. The number of anilines is 1. The van der Waals surface area contributed by atoms with E-state index in [1.54, 1.807) is 6.07 Å². The minimum Gasteiger partial charge on any atom is -0.379 e. The summed E-state index contributed by atoms with van der Waals surface area (Å²) in [5.41, 5.74) is -1.47. The maximum atomic E-state index is 15.8. The van der Waals surface area contributed by atoms with Crippen molar-refractivity contribution in [3.8, 4) is 0 Å². The number of nitrogens with one attached hydrogen (secondary N) is 2. The van der Waals surface area contributed by atoms with E-state index in [0.29, 0.717) is 32.6 Å². The first-order chi connectivity index (χ1) is 18.9. The Labute approximate surface area is 245 Å². The summed E-state index contributed by atoms with van der Waals surface area (Å²) >= 11 is 6.20. The molecule has 0 radical (unpaired) electrons. The first-order valence-corrected chi connectivity index (χ1v) is 14.1. The van der Waals surface area contributed by atoms with E-state index in [2.05, 4.69) is 15.5 Å². The fourth-order valence-corrected chi connectivity index (χ4v) is 6.85. The van der Waals surface area contributed by atoms with Gasteiger partial charge in [-0.2, -0.15) is 0 Å². The first kappa shape index (κ1) is 31.5. The summed E-state index contributed by atoms with van der Waals surface area (Å²) in [6.45, 7) is 9.58. The first-order valence-electron chi connectivity index (χ1n) is 13.8. The van der Waals surface area contributed by atoms with Crippen molar-refractivity contribution >= 4 is 29.0 Å². The zero-order valence-electron chi connectivity index (χ0n) is 23.0. The molecule has 0 saturated carbocycles. The van der Waals surface area contributed by atoms with E-state index in [9.17, 15) is 18.4 Å². The maximum absolute atomic E-state index is 15.8. The second-order valence-electron chi connectivity index (χ2n) is 12.2. The molecule has 2 aromatic rings. The van der Waals surface area contributed by atoms with Crippen LogP contribution in [-0.4, -0.2) is 61.5 Å². The van der Waals surface area contributed by atoms with E-state index < -0.39 is 46.8 Å². The number of fused-ring (bicyclic) bond motifs is 2. The summed E-state index contributed by atoms with van der Waals surface area (Å²) in [6, 6.07) is 4.84. The van der Waals surface area contributed by atoms with Gasteiger partial charge in [-0.25, -0.2) is 13.2 Å². The van der Waals surface area contributed by atoms with Gasteiger partial charge in [-0.05, 0) is 48.1 Å². The third-order valence-electron chi connectivity index (χ3n) is 8.37. The van der Waals surface area contributed by atoms with Gasteiger partial charge in [0.05, 0.1) is 24.3 Å². The number of hydrogen-bond donors (Lipinski definition) is 2. The SMILES string of the molecule is C.CC(C)(C)C[C@H]1N[C@@H](C(=O)CCCN2CCOCC2)[C@H](c2cccc(Cl)c2F)[C@@]12C(=O)Nc1cc(F)c(F)cc12. The summed E-state index contributed by atoms with van der Waals surface area (Å²) in [4.78, 5) is 30.2. The Bertz CT molecular complexity index is 1310. The standard InChI is InChI=1S/C30H35ClF3N3O3.CH4/c1-29(2,3)16-24-30(18-14-20(32)21(33)15-22(18)35-28(30)39)25(17-6-4-7-19(31)26(17)34)27(36-24)23(38)8-5-9-37-10-12-40-13-11-37;/h4,6-7,14-15,24-25,27,36H,5,8-13,16H2,1-3H3,(H,35,39);1H4/t24-,25+,27+,30+;/m1./s1. The van der Waals surface area contributed by atoms with Gasteiger partial charge in [-0.3, -0.25) is 14.5 Å². The number of rotatable bonds is 7. The number of amides is 1. The van der Waals surface area contributed by atoms with Gasteiger partial charge in [-0.1, -0.05) is 51.9 Å². The normalized spacial score (nSPS) is 26.1. The average molecular weight is 594 g/mol. The molecule has 0 unspecified atom stereocenters. The number of carbonyl (C=O) groups excluding carboxylic acids is 2. The third-order valence-corrected chi connectivity index (χ3v) is 8.66. The minimum atomic E-state index is -1.58. The van der Waals surface area contributed by atoms with Crippen molar-refractivity contribution in [2.45, 2.75) is 70.9 Å². The lowest BCUT2D eigenvalue weighted by Gasteiger charge is -2.37. The number of nitrogens with zero attached hydrogens (tertiary/aromatic N) is 1. The van der Waals surface area contributed by atoms with Crippen molar-refractivity contribution in [2.24, 2.45) is 5.41 Å². The van der Waals surface area contributed by atoms with Crippen molar-refractivity contribution in [2.75, 3.05) is 38.2 Å². The molecular weight excluding hydrogens is 555 g/mol. The number of carbonyl (C=O) groups is 2. The van der Waals surface area contributed by atoms with Crippen LogP contribution in [0.15, 0.2) is 30.3 Å². The summed E-state index contributed by atoms with van der Waals surface area (Å²) < 4.78 is 50.2. The molecule has 1 spiro atoms. The van der Waals surface area contributed by atoms with Crippen LogP contribution in [0.3, 0.4) is 0 Å². The lowest BCUT2D eigenvalue weighted by molar-refractivity contribution is -0.122. The summed E-state index contributed by atoms with van der Waals surface area (Å²) in [7, 11) is 0. The highest BCUT2D eigenvalue weighted by Crippen LogP contribution is 2.57. The van der Waals surface area contributed by atoms with Crippen LogP contribution in [0.2, 0.25) is 5.02 Å². The van der Waals surface area contributed by atoms with Gasteiger partial charge >= 0.3 is 0 Å². The van der Waals surface area contributed by atoms with E-state index in [1.807, 2.05) is 20.8 Å². The number of ether oxygens (including phenoxy) is 1. The molecule has 10 heteroatoms. The van der Waals surface area contributed by atoms with Gasteiger partial charge < -0.3 is 15.4 Å². The van der Waals surface area contributed by atoms with Gasteiger partial charge in [0, 0.05) is 43.2 Å². The van der Waals surface area contributed by atoms with Crippen molar-refractivity contribution in [3.05, 3.63) is 63.9 Å². The fraction of sp³-hybridized carbons (Fsp3) is 0.548. The van der Waals surface area contributed by atoms with Crippen LogP contribution in [0, 0.1) is 22.9 Å². The van der Waals surface area contributed by atoms with Gasteiger partial charge in [-0.15, -0.1) is 0 Å². The van der Waals surface area contributed by atoms with Crippen molar-refractivity contribution in [1.82, 2.24) is 10.2 Å². The number of Topliss-reactive ketones (excluding diaryl/α,β-unsaturated/α-hetero) is 1. The van der Waals surface area contributed by atoms with Crippen LogP contribution in [0.5, 0.6) is 0 Å². The zero-order valence-corrected chi connectivity index (χ0v) is 23.7. The fourth-order valence-electron chi connectivity index (χ4n) is 6.67. The van der Waals surface area contributed by atoms with E-state index in [0.717, 1.165) is 25.2 Å². The molecule has 1 amide bonds. The van der Waals surface area contributed by atoms with Gasteiger partial charge in [0.2, 0.25) is 5.91 Å². The van der Waals surface area contributed by atoms with E-state index >= 15 is 4.39 Å². The molecule has 0 bridgehead atoms. The van der Waals surface area contributed by atoms with Crippen molar-refractivity contribution < 1.29 is 27.5 Å². The topological polar surface area (TPSA) is 70.7 Å². The van der Waals surface area contributed by atoms with Crippen LogP contribution < -0.4 is 10.6 Å². The third kappa shape index (κ3) is 5.78. The molecule has 2 aromatic carbocycles. The summed E-state index contributed by atoms with van der Waals surface area (Å²) in [5.74, 6) is -4.69. The van der Waals surface area contributed by atoms with Gasteiger partial charge in [0.25, 0.3) is 0 Å². The van der Waals surface area contributed by atoms with Crippen LogP contribution >= 0.6 is 11.6 Å². The van der Waals surface area contributed by atoms with Crippen LogP contribution in [-0.2, 0) is 19.7 Å². The van der Waals surface area contributed by atoms with Crippen molar-refractivity contribution in [1.29, 1.82) is 0 Å². The highest BCUT2D eigenvalue weighted by atomic mass is 35.5. The Morgan fingerprint density at radius 1 is 1.15 bits per heavy atom. The second-order valence-corrected chi connectivity index (χ2v) is 12.6. The number of halogens is 4. The highest BCUT2D eigenvalue weighted by molar-refractivity contribution is 6.30. The van der Waals surface area contributed by atoms with Crippen LogP contribution in [0.1, 0.15) is 64.5 Å². The molecule has 2 N–H and O–H groups in total. The highest BCUT2D eigenvalue weighted by Gasteiger charge is 2.66. The molecule has 5 rings (SSSR count). The Morgan fingerprint density at radius 3 is 2.51 bits per heavy atom. The molecule has 4 atom stereocenters. The number of morpholine rings is 1. The number of benzene rings is 2. The largest absolute Gasteiger partial charge is 0.379 e. The second kappa shape index (κ2) is 12.0. The van der Waals surface area contributed by atoms with Crippen LogP contribution in [0.25, 0.3) is 0 Å². The van der Waals surface area contributed by atoms with E-state index in [1.165, 1.54) is 12.1 Å². The molecule has 2 saturated heterocycles. The van der Waals surface area contributed by atoms with Crippen molar-refractivity contribution in [3.63, 3.8) is 0 Å². The molecule has 2 fully saturated rings.